The van der Waals surface area contributed by atoms with Gasteiger partial charge in [-0.25, -0.2) is 9.97 Å². The summed E-state index contributed by atoms with van der Waals surface area (Å²) in [5.41, 5.74) is 5.69. The predicted molar refractivity (Wildman–Crippen MR) is 60.4 cm³/mol. The summed E-state index contributed by atoms with van der Waals surface area (Å²) in [6.07, 6.45) is 6.21. The smallest absolute Gasteiger partial charge is 0.243 e. The van der Waals surface area contributed by atoms with Crippen molar-refractivity contribution >= 4 is 5.78 Å². The SMILES string of the molecule is COc1nccnc1C(=O)CCCCCN. The fourth-order valence-electron chi connectivity index (χ4n) is 1.39. The van der Waals surface area contributed by atoms with E-state index >= 15 is 0 Å². The van der Waals surface area contributed by atoms with E-state index in [9.17, 15) is 4.79 Å². The second-order valence-electron chi connectivity index (χ2n) is 3.44. The first-order valence-electron chi connectivity index (χ1n) is 5.38. The monoisotopic (exact) mass is 223 g/mol. The number of hydrogen-bond acceptors (Lipinski definition) is 5. The molecular formula is C11H17N3O2. The number of nitrogens with two attached hydrogens (primary N) is 1. The number of Topliss-reactive ketones (excluding diaryl/α,β-unsaturated/α-hetero) is 1. The summed E-state index contributed by atoms with van der Waals surface area (Å²) in [4.78, 5) is 19.7. The Kier molecular flexibility index (Phi) is 5.42. The molecule has 0 aliphatic rings. The lowest BCUT2D eigenvalue weighted by Gasteiger charge is -2.04. The number of aromatic nitrogens is 2. The van der Waals surface area contributed by atoms with Gasteiger partial charge in [0.25, 0.3) is 0 Å². The molecule has 16 heavy (non-hydrogen) atoms. The van der Waals surface area contributed by atoms with Gasteiger partial charge in [0.05, 0.1) is 7.11 Å². The Labute approximate surface area is 95.0 Å². The largest absolute Gasteiger partial charge is 0.479 e. The van der Waals surface area contributed by atoms with Gasteiger partial charge < -0.3 is 10.5 Å². The lowest BCUT2D eigenvalue weighted by Crippen LogP contribution is -2.06. The Balaban J connectivity index is 2.52. The van der Waals surface area contributed by atoms with Crippen molar-refractivity contribution in [3.8, 4) is 5.88 Å². The zero-order valence-corrected chi connectivity index (χ0v) is 9.48. The van der Waals surface area contributed by atoms with Crippen molar-refractivity contribution in [1.29, 1.82) is 0 Å². The van der Waals surface area contributed by atoms with Crippen LogP contribution in [0.4, 0.5) is 0 Å². The summed E-state index contributed by atoms with van der Waals surface area (Å²) in [5.74, 6) is 0.272. The van der Waals surface area contributed by atoms with E-state index in [0.29, 0.717) is 24.5 Å². The quantitative estimate of drug-likeness (QED) is 0.555. The minimum Gasteiger partial charge on any atom is -0.479 e. The van der Waals surface area contributed by atoms with Crippen LogP contribution in [0.25, 0.3) is 0 Å². The standard InChI is InChI=1S/C11H17N3O2/c1-16-11-10(13-7-8-14-11)9(15)5-3-2-4-6-12/h7-8H,2-6,12H2,1H3. The number of ether oxygens (including phenoxy) is 1. The molecule has 1 aromatic rings. The highest BCUT2D eigenvalue weighted by molar-refractivity contribution is 5.96. The molecule has 0 amide bonds. The molecule has 5 nitrogen and oxygen atoms in total. The van der Waals surface area contributed by atoms with E-state index in [1.165, 1.54) is 19.5 Å². The van der Waals surface area contributed by atoms with Gasteiger partial charge in [0, 0.05) is 18.8 Å². The van der Waals surface area contributed by atoms with Gasteiger partial charge in [0.2, 0.25) is 5.88 Å². The highest BCUT2D eigenvalue weighted by Gasteiger charge is 2.13. The van der Waals surface area contributed by atoms with Crippen LogP contribution in [-0.2, 0) is 0 Å². The van der Waals surface area contributed by atoms with Crippen LogP contribution < -0.4 is 10.5 Å². The van der Waals surface area contributed by atoms with Gasteiger partial charge in [-0.1, -0.05) is 6.42 Å². The number of ketones is 1. The molecule has 0 aliphatic heterocycles. The first-order valence-corrected chi connectivity index (χ1v) is 5.38. The molecule has 0 saturated carbocycles. The van der Waals surface area contributed by atoms with Crippen molar-refractivity contribution in [2.24, 2.45) is 5.73 Å². The molecule has 0 radical (unpaired) electrons. The highest BCUT2D eigenvalue weighted by atomic mass is 16.5. The molecule has 0 fully saturated rings. The van der Waals surface area contributed by atoms with E-state index in [4.69, 9.17) is 10.5 Å². The van der Waals surface area contributed by atoms with Crippen LogP contribution in [0.15, 0.2) is 12.4 Å². The normalized spacial score (nSPS) is 10.1. The molecule has 0 bridgehead atoms. The van der Waals surface area contributed by atoms with Crippen LogP contribution >= 0.6 is 0 Å². The fraction of sp³-hybridized carbons (Fsp3) is 0.545. The highest BCUT2D eigenvalue weighted by Crippen LogP contribution is 2.14. The Morgan fingerprint density at radius 3 is 2.75 bits per heavy atom. The van der Waals surface area contributed by atoms with Crippen LogP contribution in [-0.4, -0.2) is 29.4 Å². The van der Waals surface area contributed by atoms with E-state index in [-0.39, 0.29) is 5.78 Å². The van der Waals surface area contributed by atoms with Crippen LogP contribution in [0, 0.1) is 0 Å². The van der Waals surface area contributed by atoms with Gasteiger partial charge in [-0.2, -0.15) is 0 Å². The number of carbonyl (C=O) groups excluding carboxylic acids is 1. The first kappa shape index (κ1) is 12.6. The zero-order chi connectivity index (χ0) is 11.8. The van der Waals surface area contributed by atoms with Crippen LogP contribution in [0.2, 0.25) is 0 Å². The average Bonchev–Trinajstić information content (AvgIpc) is 2.34. The maximum absolute atomic E-state index is 11.8. The van der Waals surface area contributed by atoms with E-state index in [1.54, 1.807) is 0 Å². The summed E-state index contributed by atoms with van der Waals surface area (Å²) < 4.78 is 4.98. The van der Waals surface area contributed by atoms with Gasteiger partial charge >= 0.3 is 0 Å². The third-order valence-electron chi connectivity index (χ3n) is 2.23. The van der Waals surface area contributed by atoms with E-state index in [2.05, 4.69) is 9.97 Å². The van der Waals surface area contributed by atoms with E-state index in [1.807, 2.05) is 0 Å². The van der Waals surface area contributed by atoms with Gasteiger partial charge in [-0.15, -0.1) is 0 Å². The van der Waals surface area contributed by atoms with Crippen LogP contribution in [0.3, 0.4) is 0 Å². The van der Waals surface area contributed by atoms with Gasteiger partial charge in [0.15, 0.2) is 11.5 Å². The topological polar surface area (TPSA) is 78.1 Å². The maximum Gasteiger partial charge on any atom is 0.243 e. The molecule has 0 aliphatic carbocycles. The Hall–Kier alpha value is -1.49. The van der Waals surface area contributed by atoms with Crippen LogP contribution in [0.1, 0.15) is 36.2 Å². The molecule has 1 aromatic heterocycles. The van der Waals surface area contributed by atoms with Crippen molar-refractivity contribution in [2.45, 2.75) is 25.7 Å². The van der Waals surface area contributed by atoms with Crippen molar-refractivity contribution in [3.63, 3.8) is 0 Å². The Morgan fingerprint density at radius 2 is 2.06 bits per heavy atom. The minimum absolute atomic E-state index is 0.0260. The lowest BCUT2D eigenvalue weighted by molar-refractivity contribution is 0.0970. The summed E-state index contributed by atoms with van der Waals surface area (Å²) >= 11 is 0. The van der Waals surface area contributed by atoms with Gasteiger partial charge in [0.1, 0.15) is 0 Å². The van der Waals surface area contributed by atoms with Crippen molar-refractivity contribution < 1.29 is 9.53 Å². The van der Waals surface area contributed by atoms with Crippen LogP contribution in [0.5, 0.6) is 5.88 Å². The number of carbonyl (C=O) groups is 1. The van der Waals surface area contributed by atoms with Crippen molar-refractivity contribution in [1.82, 2.24) is 9.97 Å². The minimum atomic E-state index is -0.0260. The molecular weight excluding hydrogens is 206 g/mol. The molecule has 0 atom stereocenters. The Bertz CT molecular complexity index is 342. The summed E-state index contributed by atoms with van der Waals surface area (Å²) in [6.45, 7) is 0.669. The third kappa shape index (κ3) is 3.58. The molecule has 88 valence electrons. The average molecular weight is 223 g/mol. The first-order chi connectivity index (χ1) is 7.79. The number of hydrogen-bond donors (Lipinski definition) is 1. The predicted octanol–water partition coefficient (Wildman–Crippen LogP) is 1.19. The zero-order valence-electron chi connectivity index (χ0n) is 9.48. The molecule has 0 spiro atoms. The van der Waals surface area contributed by atoms with Gasteiger partial charge in [-0.3, -0.25) is 4.79 Å². The second kappa shape index (κ2) is 6.90. The Morgan fingerprint density at radius 1 is 1.31 bits per heavy atom. The van der Waals surface area contributed by atoms with Gasteiger partial charge in [-0.05, 0) is 19.4 Å². The van der Waals surface area contributed by atoms with Crippen molar-refractivity contribution in [2.75, 3.05) is 13.7 Å². The summed E-state index contributed by atoms with van der Waals surface area (Å²) in [6, 6.07) is 0. The molecule has 5 heteroatoms. The summed E-state index contributed by atoms with van der Waals surface area (Å²) in [7, 11) is 1.48. The van der Waals surface area contributed by atoms with Crippen molar-refractivity contribution in [3.05, 3.63) is 18.1 Å². The van der Waals surface area contributed by atoms with E-state index in [0.717, 1.165) is 19.3 Å². The van der Waals surface area contributed by atoms with E-state index < -0.39 is 0 Å². The lowest BCUT2D eigenvalue weighted by atomic mass is 10.1. The number of methoxy groups -OCH3 is 1. The summed E-state index contributed by atoms with van der Waals surface area (Å²) in [5, 5.41) is 0. The molecule has 2 N–H and O–H groups in total. The molecule has 1 rings (SSSR count). The third-order valence-corrected chi connectivity index (χ3v) is 2.23. The fourth-order valence-corrected chi connectivity index (χ4v) is 1.39. The number of unbranched alkanes of at least 4 members (excludes halogenated alkanes) is 2. The number of rotatable bonds is 7. The molecule has 1 heterocycles. The molecule has 0 aromatic carbocycles. The maximum atomic E-state index is 11.8. The number of nitrogens with zero attached hydrogens (tertiary/aromatic N) is 2. The molecule has 0 unspecified atom stereocenters. The molecule has 0 saturated heterocycles. The second-order valence-corrected chi connectivity index (χ2v) is 3.44.